The summed E-state index contributed by atoms with van der Waals surface area (Å²) in [5.74, 6) is -1.32. The van der Waals surface area contributed by atoms with Gasteiger partial charge in [-0.25, -0.2) is 0 Å². The molecule has 2 aromatic rings. The minimum absolute atomic E-state index is 0.0252. The number of esters is 2. The molecular weight excluding hydrogens is 870 g/mol. The van der Waals surface area contributed by atoms with Gasteiger partial charge < -0.3 is 0 Å². The third-order valence-corrected chi connectivity index (χ3v) is 19.4. The fourth-order valence-electron chi connectivity index (χ4n) is 4.61. The van der Waals surface area contributed by atoms with Gasteiger partial charge in [0.05, 0.1) is 0 Å². The molecule has 0 aliphatic carbocycles. The molecule has 0 saturated carbocycles. The van der Waals surface area contributed by atoms with Crippen LogP contribution in [-0.4, -0.2) is 125 Å². The molecule has 18 heteroatoms. The van der Waals surface area contributed by atoms with Gasteiger partial charge >= 0.3 is 326 Å². The van der Waals surface area contributed by atoms with Crippen molar-refractivity contribution >= 4 is 85.7 Å². The number of methoxy groups -OCH3 is 2. The van der Waals surface area contributed by atoms with Gasteiger partial charge in [-0.2, -0.15) is 0 Å². The predicted molar refractivity (Wildman–Crippen MR) is 211 cm³/mol. The van der Waals surface area contributed by atoms with E-state index < -0.39 is 69.7 Å². The summed E-state index contributed by atoms with van der Waals surface area (Å²) in [4.78, 5) is 77.3. The topological polar surface area (TPSA) is 187 Å². The van der Waals surface area contributed by atoms with E-state index in [-0.39, 0.29) is 39.5 Å². The molecule has 0 unspecified atom stereocenters. The summed E-state index contributed by atoms with van der Waals surface area (Å²) in [7, 11) is 2.45. The van der Waals surface area contributed by atoms with Crippen LogP contribution in [0.25, 0.3) is 0 Å². The molecule has 0 saturated heterocycles. The number of amides is 4. The normalized spacial score (nSPS) is 14.1. The van der Waals surface area contributed by atoms with Crippen molar-refractivity contribution in [3.05, 3.63) is 71.8 Å². The van der Waals surface area contributed by atoms with Crippen LogP contribution in [-0.2, 0) is 51.3 Å². The van der Waals surface area contributed by atoms with Gasteiger partial charge in [0.15, 0.2) is 0 Å². The van der Waals surface area contributed by atoms with Crippen LogP contribution in [0.5, 0.6) is 0 Å². The zero-order valence-corrected chi connectivity index (χ0v) is 36.3. The zero-order chi connectivity index (χ0) is 39.9. The molecule has 0 aliphatic heterocycles. The molecule has 0 bridgehead atoms. The second-order valence-electron chi connectivity index (χ2n) is 11.7. The maximum atomic E-state index is 13.5. The van der Waals surface area contributed by atoms with Crippen LogP contribution in [0.3, 0.4) is 0 Å². The van der Waals surface area contributed by atoms with Crippen molar-refractivity contribution in [3.8, 4) is 0 Å². The van der Waals surface area contributed by atoms with E-state index in [0.29, 0.717) is 24.3 Å². The van der Waals surface area contributed by atoms with Crippen LogP contribution >= 0.6 is 23.5 Å². The van der Waals surface area contributed by atoms with Crippen molar-refractivity contribution in [1.82, 2.24) is 21.3 Å². The summed E-state index contributed by atoms with van der Waals surface area (Å²) in [6, 6.07) is 14.2. The monoisotopic (exact) mass is 922 g/mol. The van der Waals surface area contributed by atoms with Gasteiger partial charge in [-0.05, 0) is 0 Å². The Morgan fingerprint density at radius 3 is 1.26 bits per heavy atom. The predicted octanol–water partition coefficient (Wildman–Crippen LogP) is 3.34. The molecule has 2 aromatic carbocycles. The summed E-state index contributed by atoms with van der Waals surface area (Å²) in [6.45, 7) is 3.64. The number of benzene rings is 2. The third-order valence-electron chi connectivity index (χ3n) is 7.67. The van der Waals surface area contributed by atoms with Crippen LogP contribution in [0.1, 0.15) is 37.8 Å². The quantitative estimate of drug-likeness (QED) is 0.0725. The molecule has 0 aliphatic rings. The maximum absolute atomic E-state index is 13.5. The first kappa shape index (κ1) is 46.8. The molecule has 0 spiro atoms. The molecule has 54 heavy (non-hydrogen) atoms. The molecular formula is C36H50N4O10S2Se2. The number of ether oxygens (including phenoxy) is 4. The first-order valence-electron chi connectivity index (χ1n) is 16.9. The Morgan fingerprint density at radius 1 is 0.593 bits per heavy atom. The Labute approximate surface area is 336 Å². The number of nitrogens with one attached hydrogen (secondary N) is 4. The second-order valence-corrected chi connectivity index (χ2v) is 21.8. The van der Waals surface area contributed by atoms with Crippen LogP contribution in [0, 0.1) is 0 Å². The van der Waals surface area contributed by atoms with Crippen LogP contribution in [0.15, 0.2) is 60.7 Å². The van der Waals surface area contributed by atoms with E-state index in [0.717, 1.165) is 11.1 Å². The second kappa shape index (κ2) is 26.4. The fourth-order valence-corrected chi connectivity index (χ4v) is 13.7. The fraction of sp³-hybridized carbons (Fsp3) is 0.500. The van der Waals surface area contributed by atoms with Crippen molar-refractivity contribution in [2.75, 3.05) is 38.2 Å². The van der Waals surface area contributed by atoms with Gasteiger partial charge in [-0.1, -0.05) is 12.1 Å². The van der Waals surface area contributed by atoms with Crippen molar-refractivity contribution in [3.63, 3.8) is 0 Å². The third kappa shape index (κ3) is 17.4. The summed E-state index contributed by atoms with van der Waals surface area (Å²) in [6.07, 6.45) is 2.80. The van der Waals surface area contributed by atoms with Crippen molar-refractivity contribution < 1.29 is 47.7 Å². The number of carbonyl (C=O) groups is 6. The molecule has 0 heterocycles. The number of carbonyl (C=O) groups excluding carboxylic acids is 6. The molecule has 0 aromatic heterocycles. The van der Waals surface area contributed by atoms with Gasteiger partial charge in [0.2, 0.25) is 0 Å². The van der Waals surface area contributed by atoms with Gasteiger partial charge in [0.1, 0.15) is 0 Å². The van der Waals surface area contributed by atoms with Gasteiger partial charge in [0, 0.05) is 0 Å². The van der Waals surface area contributed by atoms with Gasteiger partial charge in [-0.3, -0.25) is 0 Å². The Hall–Kier alpha value is -3.40. The molecule has 0 fully saturated rings. The van der Waals surface area contributed by atoms with E-state index in [9.17, 15) is 28.8 Å². The molecule has 2 rings (SSSR count). The van der Waals surface area contributed by atoms with Gasteiger partial charge in [0.25, 0.3) is 0 Å². The molecule has 4 amide bonds. The average Bonchev–Trinajstić information content (AvgIpc) is 3.19. The Bertz CT molecular complexity index is 1370. The number of rotatable bonds is 23. The summed E-state index contributed by atoms with van der Waals surface area (Å²) in [5.41, 5.74) is 1.58. The Kier molecular flexibility index (Phi) is 22.9. The van der Waals surface area contributed by atoms with E-state index in [2.05, 4.69) is 21.3 Å². The number of thioether (sulfide) groups is 2. The van der Waals surface area contributed by atoms with E-state index in [1.54, 1.807) is 13.8 Å². The summed E-state index contributed by atoms with van der Waals surface area (Å²) < 4.78 is 20.7. The standard InChI is InChI=1S/C36H50N4O10S2Se2/c1-23(29(33(43)47-3)39-31(41)27(17-19-51-5)37-35(45)49-21-25-13-9-7-10-14-25)53-54-24(2)30(34(44)48-4)40-32(42)28(18-20-52-6)38-36(46)50-22-26-15-11-8-12-16-26/h7-16,23-24,27-30H,17-22H2,1-6H3,(H,37,45)(H,38,46)(H,39,41)(H,40,42)/t23-,24-,27-,28-,29-,30-/m0/s1. The van der Waals surface area contributed by atoms with Crippen molar-refractivity contribution in [1.29, 1.82) is 0 Å². The Morgan fingerprint density at radius 2 is 0.944 bits per heavy atom. The average molecular weight is 921 g/mol. The molecule has 0 radical (unpaired) electrons. The first-order chi connectivity index (χ1) is 25.9. The van der Waals surface area contributed by atoms with Crippen molar-refractivity contribution in [2.24, 2.45) is 0 Å². The SMILES string of the molecule is COC(=O)[C@@H](NC(=O)[C@H](CCSC)NC(=O)OCc1ccccc1)[C@H](C)[Se][Se][C@@H](C)[C@H](NC(=O)[C@H](CCSC)NC(=O)OCc1ccccc1)C(=O)OC. The molecule has 14 nitrogen and oxygen atoms in total. The Balaban J connectivity index is 2.07. The van der Waals surface area contributed by atoms with Crippen LogP contribution < -0.4 is 21.3 Å². The minimum atomic E-state index is -1.04. The number of hydrogen-bond acceptors (Lipinski definition) is 12. The molecule has 4 N–H and O–H groups in total. The van der Waals surface area contributed by atoms with E-state index in [1.165, 1.54) is 37.7 Å². The molecule has 6 atom stereocenters. The van der Waals surface area contributed by atoms with Crippen molar-refractivity contribution in [2.45, 2.75) is 73.7 Å². The van der Waals surface area contributed by atoms with Gasteiger partial charge in [-0.15, -0.1) is 0 Å². The summed E-state index contributed by atoms with van der Waals surface area (Å²) in [5, 5.41) is 10.8. The van der Waals surface area contributed by atoms with E-state index >= 15 is 0 Å². The van der Waals surface area contributed by atoms with E-state index in [1.807, 2.05) is 73.2 Å². The first-order valence-corrected chi connectivity index (χ1v) is 26.0. The number of hydrogen-bond donors (Lipinski definition) is 4. The zero-order valence-electron chi connectivity index (χ0n) is 31.2. The molecule has 298 valence electrons. The summed E-state index contributed by atoms with van der Waals surface area (Å²) >= 11 is 2.37. The van der Waals surface area contributed by atoms with E-state index in [4.69, 9.17) is 18.9 Å². The van der Waals surface area contributed by atoms with Crippen LogP contribution in [0.2, 0.25) is 9.63 Å². The number of alkyl carbamates (subject to hydrolysis) is 2. The van der Waals surface area contributed by atoms with Crippen LogP contribution in [0.4, 0.5) is 9.59 Å².